The fourth-order valence-electron chi connectivity index (χ4n) is 2.14. The Labute approximate surface area is 117 Å². The van der Waals surface area contributed by atoms with E-state index in [0.717, 1.165) is 32.5 Å². The Morgan fingerprint density at radius 3 is 2.26 bits per heavy atom. The van der Waals surface area contributed by atoms with E-state index in [1.165, 1.54) is 0 Å². The summed E-state index contributed by atoms with van der Waals surface area (Å²) >= 11 is 0. The highest BCUT2D eigenvalue weighted by Gasteiger charge is 2.33. The van der Waals surface area contributed by atoms with Crippen LogP contribution < -0.4 is 5.73 Å². The van der Waals surface area contributed by atoms with Crippen molar-refractivity contribution in [3.05, 3.63) is 0 Å². The lowest BCUT2D eigenvalue weighted by Crippen LogP contribution is -2.53. The van der Waals surface area contributed by atoms with E-state index in [2.05, 4.69) is 13.8 Å². The van der Waals surface area contributed by atoms with Gasteiger partial charge in [-0.3, -0.25) is 4.79 Å². The first kappa shape index (κ1) is 16.4. The zero-order valence-electron chi connectivity index (χ0n) is 13.1. The molecule has 112 valence electrons. The number of hydrogen-bond acceptors (Lipinski definition) is 3. The van der Waals surface area contributed by atoms with Gasteiger partial charge in [0.1, 0.15) is 0 Å². The Balaban J connectivity index is 2.39. The van der Waals surface area contributed by atoms with Crippen molar-refractivity contribution in [3.8, 4) is 0 Å². The zero-order chi connectivity index (χ0) is 14.6. The molecule has 19 heavy (non-hydrogen) atoms. The van der Waals surface area contributed by atoms with Crippen molar-refractivity contribution in [1.29, 1.82) is 0 Å². The van der Waals surface area contributed by atoms with Crippen LogP contribution in [0, 0.1) is 11.3 Å². The normalized spacial score (nSPS) is 19.8. The van der Waals surface area contributed by atoms with Gasteiger partial charge in [-0.15, -0.1) is 0 Å². The molecule has 1 amide bonds. The molecule has 1 aliphatic heterocycles. The van der Waals surface area contributed by atoms with Gasteiger partial charge in [-0.05, 0) is 24.2 Å². The monoisotopic (exact) mass is 270 g/mol. The van der Waals surface area contributed by atoms with E-state index in [0.29, 0.717) is 12.0 Å². The molecule has 0 aromatic heterocycles. The molecule has 0 spiro atoms. The number of hydrogen-bond donors (Lipinski definition) is 1. The minimum atomic E-state index is -0.416. The molecule has 1 fully saturated rings. The average molecular weight is 270 g/mol. The molecule has 4 heteroatoms. The third-order valence-electron chi connectivity index (χ3n) is 3.62. The van der Waals surface area contributed by atoms with Crippen LogP contribution >= 0.6 is 0 Å². The molecule has 0 radical (unpaired) electrons. The second-order valence-corrected chi connectivity index (χ2v) is 7.10. The maximum absolute atomic E-state index is 12.3. The van der Waals surface area contributed by atoms with Gasteiger partial charge >= 0.3 is 0 Å². The van der Waals surface area contributed by atoms with Crippen LogP contribution in [0.4, 0.5) is 0 Å². The van der Waals surface area contributed by atoms with Crippen LogP contribution in [-0.2, 0) is 9.53 Å². The van der Waals surface area contributed by atoms with Gasteiger partial charge in [-0.25, -0.2) is 0 Å². The van der Waals surface area contributed by atoms with E-state index in [1.807, 2.05) is 25.7 Å². The number of rotatable bonds is 4. The van der Waals surface area contributed by atoms with Crippen LogP contribution in [-0.4, -0.2) is 42.6 Å². The number of carbonyl (C=O) groups excluding carboxylic acids is 1. The van der Waals surface area contributed by atoms with Crippen molar-refractivity contribution in [2.75, 3.05) is 19.7 Å². The van der Waals surface area contributed by atoms with Gasteiger partial charge in [0, 0.05) is 19.7 Å². The summed E-state index contributed by atoms with van der Waals surface area (Å²) in [6.07, 6.45) is 2.15. The molecule has 0 aromatic rings. The smallest absolute Gasteiger partial charge is 0.240 e. The predicted octanol–water partition coefficient (Wildman–Crippen LogP) is 2.02. The van der Waals surface area contributed by atoms with Crippen molar-refractivity contribution >= 4 is 5.91 Å². The van der Waals surface area contributed by atoms with Gasteiger partial charge in [0.25, 0.3) is 0 Å². The summed E-state index contributed by atoms with van der Waals surface area (Å²) < 4.78 is 5.83. The fourth-order valence-corrected chi connectivity index (χ4v) is 2.14. The van der Waals surface area contributed by atoms with Gasteiger partial charge in [-0.2, -0.15) is 0 Å². The number of ether oxygens (including phenoxy) is 1. The Morgan fingerprint density at radius 2 is 1.84 bits per heavy atom. The highest BCUT2D eigenvalue weighted by atomic mass is 16.5. The van der Waals surface area contributed by atoms with Crippen LogP contribution in [0.2, 0.25) is 0 Å². The summed E-state index contributed by atoms with van der Waals surface area (Å²) in [6, 6.07) is -0.416. The SMILES string of the molecule is CC(C)COC1CCN(C(=O)[C@@H](N)C(C)(C)C)CC1. The maximum Gasteiger partial charge on any atom is 0.240 e. The first-order valence-corrected chi connectivity index (χ1v) is 7.37. The third kappa shape index (κ3) is 5.11. The predicted molar refractivity (Wildman–Crippen MR) is 77.8 cm³/mol. The Kier molecular flexibility index (Phi) is 5.81. The minimum Gasteiger partial charge on any atom is -0.378 e. The minimum absolute atomic E-state index is 0.0785. The molecule has 0 saturated carbocycles. The Bertz CT molecular complexity index is 289. The Hall–Kier alpha value is -0.610. The van der Waals surface area contributed by atoms with Crippen LogP contribution in [0.1, 0.15) is 47.5 Å². The van der Waals surface area contributed by atoms with Crippen molar-refractivity contribution in [3.63, 3.8) is 0 Å². The lowest BCUT2D eigenvalue weighted by atomic mass is 9.86. The van der Waals surface area contributed by atoms with E-state index in [1.54, 1.807) is 0 Å². The molecule has 2 N–H and O–H groups in total. The number of amides is 1. The molecule has 1 aliphatic rings. The number of likely N-dealkylation sites (tertiary alicyclic amines) is 1. The summed E-state index contributed by atoms with van der Waals surface area (Å²) in [5.74, 6) is 0.642. The molecule has 1 saturated heterocycles. The van der Waals surface area contributed by atoms with Crippen molar-refractivity contribution in [1.82, 2.24) is 4.90 Å². The van der Waals surface area contributed by atoms with Gasteiger partial charge in [-0.1, -0.05) is 34.6 Å². The summed E-state index contributed by atoms with van der Waals surface area (Å²) in [4.78, 5) is 14.2. The first-order valence-electron chi connectivity index (χ1n) is 7.37. The molecule has 0 aliphatic carbocycles. The lowest BCUT2D eigenvalue weighted by Gasteiger charge is -2.36. The van der Waals surface area contributed by atoms with E-state index in [4.69, 9.17) is 10.5 Å². The van der Waals surface area contributed by atoms with E-state index >= 15 is 0 Å². The lowest BCUT2D eigenvalue weighted by molar-refractivity contribution is -0.137. The second-order valence-electron chi connectivity index (χ2n) is 7.10. The van der Waals surface area contributed by atoms with Crippen LogP contribution in [0.3, 0.4) is 0 Å². The first-order chi connectivity index (χ1) is 8.71. The molecular weight excluding hydrogens is 240 g/mol. The van der Waals surface area contributed by atoms with Gasteiger partial charge in [0.2, 0.25) is 5.91 Å². The molecule has 1 atom stereocenters. The highest BCUT2D eigenvalue weighted by Crippen LogP contribution is 2.22. The van der Waals surface area contributed by atoms with E-state index in [9.17, 15) is 4.79 Å². The molecular formula is C15H30N2O2. The summed E-state index contributed by atoms with van der Waals surface area (Å²) in [5, 5.41) is 0. The van der Waals surface area contributed by atoms with E-state index in [-0.39, 0.29) is 11.3 Å². The molecule has 4 nitrogen and oxygen atoms in total. The quantitative estimate of drug-likeness (QED) is 0.850. The largest absolute Gasteiger partial charge is 0.378 e. The topological polar surface area (TPSA) is 55.6 Å². The van der Waals surface area contributed by atoms with E-state index < -0.39 is 6.04 Å². The van der Waals surface area contributed by atoms with Gasteiger partial charge in [0.05, 0.1) is 12.1 Å². The van der Waals surface area contributed by atoms with Crippen LogP contribution in [0.25, 0.3) is 0 Å². The molecule has 0 bridgehead atoms. The summed E-state index contributed by atoms with van der Waals surface area (Å²) in [7, 11) is 0. The van der Waals surface area contributed by atoms with Gasteiger partial charge in [0.15, 0.2) is 0 Å². The van der Waals surface area contributed by atoms with Crippen LogP contribution in [0.5, 0.6) is 0 Å². The summed E-state index contributed by atoms with van der Waals surface area (Å²) in [6.45, 7) is 12.7. The number of piperidine rings is 1. The fraction of sp³-hybridized carbons (Fsp3) is 0.933. The number of nitrogens with two attached hydrogens (primary N) is 1. The van der Waals surface area contributed by atoms with Gasteiger partial charge < -0.3 is 15.4 Å². The third-order valence-corrected chi connectivity index (χ3v) is 3.62. The van der Waals surface area contributed by atoms with Crippen molar-refractivity contribution in [2.45, 2.75) is 59.6 Å². The molecule has 0 aromatic carbocycles. The molecule has 1 heterocycles. The molecule has 1 rings (SSSR count). The standard InChI is InChI=1S/C15H30N2O2/c1-11(2)10-19-12-6-8-17(9-7-12)14(18)13(16)15(3,4)5/h11-13H,6-10,16H2,1-5H3/t13-/m1/s1. The number of carbonyl (C=O) groups is 1. The molecule has 0 unspecified atom stereocenters. The van der Waals surface area contributed by atoms with Crippen LogP contribution in [0.15, 0.2) is 0 Å². The second kappa shape index (κ2) is 6.71. The average Bonchev–Trinajstić information content (AvgIpc) is 2.34. The Morgan fingerprint density at radius 1 is 1.32 bits per heavy atom. The highest BCUT2D eigenvalue weighted by molar-refractivity contribution is 5.82. The van der Waals surface area contributed by atoms with Crippen molar-refractivity contribution in [2.24, 2.45) is 17.1 Å². The maximum atomic E-state index is 12.3. The number of nitrogens with zero attached hydrogens (tertiary/aromatic N) is 1. The summed E-state index contributed by atoms with van der Waals surface area (Å²) in [5.41, 5.74) is 5.86. The van der Waals surface area contributed by atoms with Crippen molar-refractivity contribution < 1.29 is 9.53 Å². The zero-order valence-corrected chi connectivity index (χ0v) is 13.1.